The van der Waals surface area contributed by atoms with Crippen LogP contribution in [0.2, 0.25) is 0 Å². The van der Waals surface area contributed by atoms with Crippen molar-refractivity contribution in [2.75, 3.05) is 0 Å². The lowest BCUT2D eigenvalue weighted by Crippen LogP contribution is -1.93. The summed E-state index contributed by atoms with van der Waals surface area (Å²) in [5.74, 6) is 0.0255. The minimum Gasteiger partial charge on any atom is -0.289 e. The summed E-state index contributed by atoms with van der Waals surface area (Å²) in [6.07, 6.45) is 1.60. The van der Waals surface area contributed by atoms with E-state index in [1.807, 2.05) is 38.1 Å². The van der Waals surface area contributed by atoms with Gasteiger partial charge < -0.3 is 0 Å². The zero-order chi connectivity index (χ0) is 13.8. The van der Waals surface area contributed by atoms with E-state index in [0.717, 1.165) is 15.6 Å². The molecule has 1 aromatic carbocycles. The monoisotopic (exact) mass is 289 g/mol. The molecule has 0 amide bonds. The molecule has 1 aromatic heterocycles. The van der Waals surface area contributed by atoms with Crippen LogP contribution in [-0.2, 0) is 0 Å². The van der Waals surface area contributed by atoms with Crippen molar-refractivity contribution in [2.45, 2.75) is 25.1 Å². The van der Waals surface area contributed by atoms with Crippen molar-refractivity contribution in [3.05, 3.63) is 57.4 Å². The van der Waals surface area contributed by atoms with Gasteiger partial charge in [-0.3, -0.25) is 4.79 Å². The maximum absolute atomic E-state index is 11.9. The second-order valence-corrected chi connectivity index (χ2v) is 6.63. The number of benzene rings is 1. The molecule has 0 spiro atoms. The molecule has 0 N–H and O–H groups in total. The third kappa shape index (κ3) is 3.78. The average molecular weight is 289 g/mol. The topological polar surface area (TPSA) is 30.0 Å². The van der Waals surface area contributed by atoms with Gasteiger partial charge in [0, 0.05) is 10.4 Å². The fourth-order valence-corrected chi connectivity index (χ4v) is 3.33. The van der Waals surface area contributed by atoms with E-state index in [-0.39, 0.29) is 5.78 Å². The Morgan fingerprint density at radius 3 is 2.47 bits per heavy atom. The summed E-state index contributed by atoms with van der Waals surface area (Å²) in [4.78, 5) is 17.5. The molecular formula is C15H15NOS2. The van der Waals surface area contributed by atoms with Gasteiger partial charge in [-0.05, 0) is 32.3 Å². The highest BCUT2D eigenvalue weighted by atomic mass is 32.2. The lowest BCUT2D eigenvalue weighted by molar-refractivity contribution is 0.104. The molecule has 2 rings (SSSR count). The Labute approximate surface area is 121 Å². The van der Waals surface area contributed by atoms with Crippen LogP contribution < -0.4 is 0 Å². The van der Waals surface area contributed by atoms with Crippen LogP contribution in [0.1, 0.15) is 26.5 Å². The third-order valence-electron chi connectivity index (χ3n) is 2.73. The Hall–Kier alpha value is -1.39. The fourth-order valence-electron chi connectivity index (χ4n) is 1.46. The number of hydrogen-bond donors (Lipinski definition) is 0. The smallest absolute Gasteiger partial charge is 0.186 e. The van der Waals surface area contributed by atoms with Gasteiger partial charge in [-0.1, -0.05) is 41.6 Å². The summed E-state index contributed by atoms with van der Waals surface area (Å²) in [5.41, 5.74) is 2.93. The van der Waals surface area contributed by atoms with E-state index in [2.05, 4.69) is 11.9 Å². The normalized spacial score (nSPS) is 11.1. The number of nitrogens with zero attached hydrogens (tertiary/aromatic N) is 1. The van der Waals surface area contributed by atoms with Crippen molar-refractivity contribution in [2.24, 2.45) is 0 Å². The summed E-state index contributed by atoms with van der Waals surface area (Å²) in [6.45, 7) is 6.06. The molecule has 19 heavy (non-hydrogen) atoms. The van der Waals surface area contributed by atoms with Gasteiger partial charge in [0.05, 0.1) is 5.69 Å². The molecule has 0 saturated heterocycles. The molecule has 0 saturated carbocycles. The second kappa shape index (κ2) is 6.17. The van der Waals surface area contributed by atoms with Gasteiger partial charge in [-0.15, -0.1) is 11.3 Å². The predicted octanol–water partition coefficient (Wildman–Crippen LogP) is 4.56. The van der Waals surface area contributed by atoms with Crippen LogP contribution in [0.4, 0.5) is 0 Å². The number of thiazole rings is 1. The molecule has 98 valence electrons. The van der Waals surface area contributed by atoms with E-state index >= 15 is 0 Å². The zero-order valence-electron chi connectivity index (χ0n) is 11.1. The number of allylic oxidation sites excluding steroid dienone is 1. The van der Waals surface area contributed by atoms with Crippen LogP contribution in [0.25, 0.3) is 0 Å². The Morgan fingerprint density at radius 1 is 1.21 bits per heavy atom. The molecular weight excluding hydrogens is 274 g/mol. The molecule has 4 heteroatoms. The SMILES string of the molecule is Cc1ccc(C(=O)/C=C/Sc2nc(C)c(C)s2)cc1. The summed E-state index contributed by atoms with van der Waals surface area (Å²) in [7, 11) is 0. The van der Waals surface area contributed by atoms with Gasteiger partial charge in [-0.2, -0.15) is 0 Å². The zero-order valence-corrected chi connectivity index (χ0v) is 12.8. The fraction of sp³-hybridized carbons (Fsp3) is 0.200. The van der Waals surface area contributed by atoms with Gasteiger partial charge in [0.2, 0.25) is 0 Å². The molecule has 0 unspecified atom stereocenters. The van der Waals surface area contributed by atoms with Crippen molar-refractivity contribution >= 4 is 28.9 Å². The first-order chi connectivity index (χ1) is 9.06. The van der Waals surface area contributed by atoms with Crippen LogP contribution in [0.3, 0.4) is 0 Å². The van der Waals surface area contributed by atoms with Crippen molar-refractivity contribution in [3.8, 4) is 0 Å². The molecule has 0 aliphatic carbocycles. The highest BCUT2D eigenvalue weighted by Gasteiger charge is 2.03. The first-order valence-corrected chi connectivity index (χ1v) is 7.64. The lowest BCUT2D eigenvalue weighted by Gasteiger charge is -1.96. The average Bonchev–Trinajstić information content (AvgIpc) is 2.69. The highest BCUT2D eigenvalue weighted by molar-refractivity contribution is 8.03. The van der Waals surface area contributed by atoms with E-state index in [9.17, 15) is 4.79 Å². The first-order valence-electron chi connectivity index (χ1n) is 5.94. The first kappa shape index (κ1) is 14.0. The van der Waals surface area contributed by atoms with Gasteiger partial charge >= 0.3 is 0 Å². The van der Waals surface area contributed by atoms with Crippen LogP contribution in [0, 0.1) is 20.8 Å². The van der Waals surface area contributed by atoms with E-state index < -0.39 is 0 Å². The summed E-state index contributed by atoms with van der Waals surface area (Å²) >= 11 is 3.14. The van der Waals surface area contributed by atoms with Crippen molar-refractivity contribution < 1.29 is 4.79 Å². The summed E-state index contributed by atoms with van der Waals surface area (Å²) in [6, 6.07) is 7.60. The summed E-state index contributed by atoms with van der Waals surface area (Å²) < 4.78 is 0.975. The molecule has 1 heterocycles. The molecule has 2 nitrogen and oxygen atoms in total. The molecule has 0 bridgehead atoms. The minimum atomic E-state index is 0.0255. The number of carbonyl (C=O) groups is 1. The maximum Gasteiger partial charge on any atom is 0.186 e. The third-order valence-corrected chi connectivity index (χ3v) is 4.70. The number of aryl methyl sites for hydroxylation is 3. The predicted molar refractivity (Wildman–Crippen MR) is 82.1 cm³/mol. The quantitative estimate of drug-likeness (QED) is 0.469. The van der Waals surface area contributed by atoms with Gasteiger partial charge in [0.1, 0.15) is 0 Å². The maximum atomic E-state index is 11.9. The van der Waals surface area contributed by atoms with Gasteiger partial charge in [0.15, 0.2) is 10.1 Å². The van der Waals surface area contributed by atoms with E-state index in [1.54, 1.807) is 22.8 Å². The lowest BCUT2D eigenvalue weighted by atomic mass is 10.1. The van der Waals surface area contributed by atoms with Crippen LogP contribution in [0.5, 0.6) is 0 Å². The van der Waals surface area contributed by atoms with Crippen LogP contribution in [-0.4, -0.2) is 10.8 Å². The standard InChI is InChI=1S/C15H15NOS2/c1-10-4-6-13(7-5-10)14(17)8-9-18-15-16-11(2)12(3)19-15/h4-9H,1-3H3/b9-8+. The Kier molecular flexibility index (Phi) is 4.56. The van der Waals surface area contributed by atoms with Gasteiger partial charge in [0.25, 0.3) is 0 Å². The van der Waals surface area contributed by atoms with Gasteiger partial charge in [-0.25, -0.2) is 4.98 Å². The molecule has 2 aromatic rings. The van der Waals surface area contributed by atoms with Crippen molar-refractivity contribution in [1.82, 2.24) is 4.98 Å². The van der Waals surface area contributed by atoms with E-state index in [0.29, 0.717) is 5.56 Å². The Morgan fingerprint density at radius 2 is 1.89 bits per heavy atom. The van der Waals surface area contributed by atoms with Crippen molar-refractivity contribution in [1.29, 1.82) is 0 Å². The number of thioether (sulfide) groups is 1. The number of aromatic nitrogens is 1. The molecule has 0 radical (unpaired) electrons. The Balaban J connectivity index is 1.99. The molecule has 0 aliphatic heterocycles. The van der Waals surface area contributed by atoms with Crippen LogP contribution >= 0.6 is 23.1 Å². The second-order valence-electron chi connectivity index (χ2n) is 4.27. The van der Waals surface area contributed by atoms with Crippen molar-refractivity contribution in [3.63, 3.8) is 0 Å². The van der Waals surface area contributed by atoms with Crippen LogP contribution in [0.15, 0.2) is 40.1 Å². The Bertz CT molecular complexity index is 592. The summed E-state index contributed by atoms with van der Waals surface area (Å²) in [5, 5.41) is 1.81. The highest BCUT2D eigenvalue weighted by Crippen LogP contribution is 2.27. The number of hydrogen-bond acceptors (Lipinski definition) is 4. The minimum absolute atomic E-state index is 0.0255. The van der Waals surface area contributed by atoms with E-state index in [1.165, 1.54) is 16.6 Å². The number of ketones is 1. The number of rotatable bonds is 4. The molecule has 0 aliphatic rings. The largest absolute Gasteiger partial charge is 0.289 e. The molecule has 0 atom stereocenters. The van der Waals surface area contributed by atoms with E-state index in [4.69, 9.17) is 0 Å². The number of carbonyl (C=O) groups excluding carboxylic acids is 1. The molecule has 0 fully saturated rings.